The summed E-state index contributed by atoms with van der Waals surface area (Å²) in [6.45, 7) is 0. The largest absolute Gasteiger partial charge is 0.297 e. The van der Waals surface area contributed by atoms with Gasteiger partial charge >= 0.3 is 0 Å². The van der Waals surface area contributed by atoms with Crippen LogP contribution in [0.5, 0.6) is 0 Å². The quantitative estimate of drug-likeness (QED) is 0.617. The fourth-order valence-electron chi connectivity index (χ4n) is 2.44. The fraction of sp³-hybridized carbons (Fsp3) is 0.500. The maximum Gasteiger partial charge on any atom is 0.197 e. The van der Waals surface area contributed by atoms with E-state index < -0.39 is 5.92 Å². The lowest BCUT2D eigenvalue weighted by Crippen LogP contribution is -2.29. The number of rotatable bonds is 4. The molecule has 0 aliphatic heterocycles. The predicted octanol–water partition coefficient (Wildman–Crippen LogP) is 3.22. The van der Waals surface area contributed by atoms with Gasteiger partial charge in [-0.05, 0) is 24.3 Å². The summed E-state index contributed by atoms with van der Waals surface area (Å²) in [7, 11) is 0. The normalized spacial score (nSPS) is 17.9. The highest BCUT2D eigenvalue weighted by atomic mass is 32.1. The predicted molar refractivity (Wildman–Crippen MR) is 69.3 cm³/mol. The van der Waals surface area contributed by atoms with Gasteiger partial charge in [0.15, 0.2) is 17.5 Å². The molecule has 0 N–H and O–H groups in total. The van der Waals surface area contributed by atoms with Crippen LogP contribution in [0.25, 0.3) is 0 Å². The summed E-state index contributed by atoms with van der Waals surface area (Å²) >= 11 is 1.29. The maximum absolute atomic E-state index is 12.2. The second-order valence-corrected chi connectivity index (χ2v) is 5.59. The minimum absolute atomic E-state index is 0.0905. The molecule has 18 heavy (non-hydrogen) atoms. The van der Waals surface area contributed by atoms with Crippen molar-refractivity contribution in [2.75, 3.05) is 0 Å². The van der Waals surface area contributed by atoms with Crippen LogP contribution in [0.15, 0.2) is 17.5 Å². The first-order valence-corrected chi connectivity index (χ1v) is 7.13. The number of nitrogens with zero attached hydrogens (tertiary/aromatic N) is 1. The molecule has 0 bridgehead atoms. The molecule has 1 heterocycles. The number of ketones is 2. The van der Waals surface area contributed by atoms with E-state index in [9.17, 15) is 9.59 Å². The Morgan fingerprint density at radius 2 is 2.06 bits per heavy atom. The Balaban J connectivity index is 2.11. The zero-order valence-electron chi connectivity index (χ0n) is 10.1. The van der Waals surface area contributed by atoms with E-state index in [2.05, 4.69) is 0 Å². The average molecular weight is 261 g/mol. The average Bonchev–Trinajstić information content (AvgIpc) is 2.94. The van der Waals surface area contributed by atoms with Crippen LogP contribution in [0, 0.1) is 23.2 Å². The molecule has 1 atom stereocenters. The molecule has 1 saturated carbocycles. The molecule has 0 aromatic carbocycles. The Bertz CT molecular complexity index is 466. The van der Waals surface area contributed by atoms with Crippen LogP contribution in [-0.2, 0) is 4.79 Å². The fourth-order valence-corrected chi connectivity index (χ4v) is 3.13. The maximum atomic E-state index is 12.2. The van der Waals surface area contributed by atoms with Crippen molar-refractivity contribution in [2.45, 2.75) is 32.1 Å². The highest BCUT2D eigenvalue weighted by Crippen LogP contribution is 2.28. The van der Waals surface area contributed by atoms with E-state index in [4.69, 9.17) is 5.26 Å². The molecule has 1 aliphatic rings. The molecule has 3 nitrogen and oxygen atoms in total. The van der Waals surface area contributed by atoms with Crippen LogP contribution in [0.3, 0.4) is 0 Å². The zero-order valence-corrected chi connectivity index (χ0v) is 10.9. The zero-order chi connectivity index (χ0) is 13.0. The number of Topliss-reactive ketones (excluding diaryl/α,β-unsaturated/α-hetero) is 2. The highest BCUT2D eigenvalue weighted by molar-refractivity contribution is 7.12. The van der Waals surface area contributed by atoms with Gasteiger partial charge < -0.3 is 0 Å². The molecule has 1 aliphatic carbocycles. The van der Waals surface area contributed by atoms with Gasteiger partial charge in [-0.2, -0.15) is 5.26 Å². The Kier molecular flexibility index (Phi) is 4.27. The summed E-state index contributed by atoms with van der Waals surface area (Å²) in [4.78, 5) is 24.8. The SMILES string of the molecule is N#C[C@H](C(=O)c1cccs1)C(=O)C1CCCCC1. The molecule has 1 fully saturated rings. The van der Waals surface area contributed by atoms with Gasteiger partial charge in [-0.1, -0.05) is 25.3 Å². The van der Waals surface area contributed by atoms with Gasteiger partial charge in [0.05, 0.1) is 10.9 Å². The molecule has 2 rings (SSSR count). The summed E-state index contributed by atoms with van der Waals surface area (Å²) in [6, 6.07) is 5.33. The number of hydrogen-bond donors (Lipinski definition) is 0. The Hall–Kier alpha value is -1.47. The number of carbonyl (C=O) groups excluding carboxylic acids is 2. The van der Waals surface area contributed by atoms with Crippen molar-refractivity contribution in [3.05, 3.63) is 22.4 Å². The van der Waals surface area contributed by atoms with E-state index >= 15 is 0 Å². The Labute approximate surface area is 110 Å². The summed E-state index contributed by atoms with van der Waals surface area (Å²) in [5.74, 6) is -1.70. The number of hydrogen-bond acceptors (Lipinski definition) is 4. The third-order valence-corrected chi connectivity index (χ3v) is 4.33. The van der Waals surface area contributed by atoms with Crippen LogP contribution in [0.2, 0.25) is 0 Å². The molecule has 0 saturated heterocycles. The number of thiophene rings is 1. The van der Waals surface area contributed by atoms with Gasteiger partial charge in [0.25, 0.3) is 0 Å². The third-order valence-electron chi connectivity index (χ3n) is 3.45. The topological polar surface area (TPSA) is 57.9 Å². The van der Waals surface area contributed by atoms with Crippen molar-refractivity contribution in [3.63, 3.8) is 0 Å². The van der Waals surface area contributed by atoms with Crippen LogP contribution in [-0.4, -0.2) is 11.6 Å². The number of carbonyl (C=O) groups is 2. The number of nitriles is 1. The first kappa shape index (κ1) is 13.0. The van der Waals surface area contributed by atoms with E-state index in [0.29, 0.717) is 4.88 Å². The van der Waals surface area contributed by atoms with Gasteiger partial charge in [0.1, 0.15) is 0 Å². The molecule has 1 aromatic rings. The van der Waals surface area contributed by atoms with Crippen LogP contribution in [0.4, 0.5) is 0 Å². The van der Waals surface area contributed by atoms with Crippen molar-refractivity contribution in [2.24, 2.45) is 11.8 Å². The van der Waals surface area contributed by atoms with Crippen LogP contribution < -0.4 is 0 Å². The van der Waals surface area contributed by atoms with Gasteiger partial charge in [-0.25, -0.2) is 0 Å². The molecular formula is C14H15NO2S. The molecule has 0 unspecified atom stereocenters. The van der Waals surface area contributed by atoms with Crippen molar-refractivity contribution < 1.29 is 9.59 Å². The van der Waals surface area contributed by atoms with Crippen LogP contribution >= 0.6 is 11.3 Å². The summed E-state index contributed by atoms with van der Waals surface area (Å²) < 4.78 is 0. The molecule has 4 heteroatoms. The van der Waals surface area contributed by atoms with Gasteiger partial charge in [0.2, 0.25) is 0 Å². The molecular weight excluding hydrogens is 246 g/mol. The van der Waals surface area contributed by atoms with E-state index in [1.807, 2.05) is 6.07 Å². The lowest BCUT2D eigenvalue weighted by atomic mass is 9.80. The molecule has 0 spiro atoms. The standard InChI is InChI=1S/C14H15NO2S/c15-9-11(14(17)12-7-4-8-18-12)13(16)10-5-2-1-3-6-10/h4,7-8,10-11H,1-3,5-6H2/t11-/m0/s1. The first-order chi connectivity index (χ1) is 8.74. The minimum Gasteiger partial charge on any atom is -0.297 e. The monoisotopic (exact) mass is 261 g/mol. The molecule has 94 valence electrons. The van der Waals surface area contributed by atoms with E-state index in [1.54, 1.807) is 17.5 Å². The Morgan fingerprint density at radius 1 is 1.33 bits per heavy atom. The van der Waals surface area contributed by atoms with Gasteiger partial charge in [-0.15, -0.1) is 11.3 Å². The van der Waals surface area contributed by atoms with Crippen molar-refractivity contribution in [3.8, 4) is 6.07 Å². The molecule has 1 aromatic heterocycles. The van der Waals surface area contributed by atoms with Crippen molar-refractivity contribution in [1.82, 2.24) is 0 Å². The highest BCUT2D eigenvalue weighted by Gasteiger charge is 2.33. The van der Waals surface area contributed by atoms with E-state index in [-0.39, 0.29) is 17.5 Å². The third kappa shape index (κ3) is 2.68. The van der Waals surface area contributed by atoms with Crippen molar-refractivity contribution in [1.29, 1.82) is 5.26 Å². The van der Waals surface area contributed by atoms with Gasteiger partial charge in [-0.3, -0.25) is 9.59 Å². The smallest absolute Gasteiger partial charge is 0.197 e. The first-order valence-electron chi connectivity index (χ1n) is 6.25. The van der Waals surface area contributed by atoms with E-state index in [1.165, 1.54) is 11.3 Å². The molecule has 0 radical (unpaired) electrons. The Morgan fingerprint density at radius 3 is 2.61 bits per heavy atom. The second kappa shape index (κ2) is 5.92. The minimum atomic E-state index is -1.10. The van der Waals surface area contributed by atoms with E-state index in [0.717, 1.165) is 32.1 Å². The lowest BCUT2D eigenvalue weighted by molar-refractivity contribution is -0.124. The molecule has 0 amide bonds. The summed E-state index contributed by atoms with van der Waals surface area (Å²) in [5, 5.41) is 10.9. The summed E-state index contributed by atoms with van der Waals surface area (Å²) in [5.41, 5.74) is 0. The summed E-state index contributed by atoms with van der Waals surface area (Å²) in [6.07, 6.45) is 4.87. The van der Waals surface area contributed by atoms with Gasteiger partial charge in [0, 0.05) is 5.92 Å². The van der Waals surface area contributed by atoms with Crippen LogP contribution in [0.1, 0.15) is 41.8 Å². The second-order valence-electron chi connectivity index (χ2n) is 4.64. The van der Waals surface area contributed by atoms with Crippen molar-refractivity contribution >= 4 is 22.9 Å². The lowest BCUT2D eigenvalue weighted by Gasteiger charge is -2.21.